The van der Waals surface area contributed by atoms with E-state index < -0.39 is 0 Å². The molecule has 1 N–H and O–H groups in total. The lowest BCUT2D eigenvalue weighted by molar-refractivity contribution is 0.102. The Morgan fingerprint density at radius 1 is 1.17 bits per heavy atom. The standard InChI is InChI=1S/C23H23N3O3S/c1-13(2)23-25-19-11-16(9-10-20(19)28-23)24-22(27)17-7-5-6-8-21(17)30-12-18-14(3)26-29-15(18)4/h5-11,13H,12H2,1-4H3,(H,24,27). The van der Waals surface area contributed by atoms with Gasteiger partial charge in [0.25, 0.3) is 5.91 Å². The Balaban J connectivity index is 1.53. The molecule has 154 valence electrons. The SMILES string of the molecule is Cc1noc(C)c1CSc1ccccc1C(=O)Nc1ccc2oc(C(C)C)nc2c1. The summed E-state index contributed by atoms with van der Waals surface area (Å²) in [5.74, 6) is 2.23. The first-order valence-electron chi connectivity index (χ1n) is 9.78. The zero-order valence-electron chi connectivity index (χ0n) is 17.4. The van der Waals surface area contributed by atoms with Crippen LogP contribution in [0.2, 0.25) is 0 Å². The largest absolute Gasteiger partial charge is 0.440 e. The Bertz CT molecular complexity index is 1190. The Morgan fingerprint density at radius 3 is 2.70 bits per heavy atom. The molecular weight excluding hydrogens is 398 g/mol. The molecule has 0 saturated heterocycles. The van der Waals surface area contributed by atoms with Crippen molar-refractivity contribution in [2.24, 2.45) is 0 Å². The Hall–Kier alpha value is -3.06. The highest BCUT2D eigenvalue weighted by atomic mass is 32.2. The highest BCUT2D eigenvalue weighted by Gasteiger charge is 2.16. The lowest BCUT2D eigenvalue weighted by atomic mass is 10.2. The summed E-state index contributed by atoms with van der Waals surface area (Å²) < 4.78 is 11.0. The summed E-state index contributed by atoms with van der Waals surface area (Å²) in [6, 6.07) is 13.1. The predicted octanol–water partition coefficient (Wildman–Crippen LogP) is 6.10. The van der Waals surface area contributed by atoms with Crippen LogP contribution in [0.1, 0.15) is 53.0 Å². The number of fused-ring (bicyclic) bond motifs is 1. The number of rotatable bonds is 6. The second-order valence-corrected chi connectivity index (χ2v) is 8.45. The van der Waals surface area contributed by atoms with Crippen molar-refractivity contribution in [1.82, 2.24) is 10.1 Å². The van der Waals surface area contributed by atoms with E-state index in [4.69, 9.17) is 8.94 Å². The highest BCUT2D eigenvalue weighted by molar-refractivity contribution is 7.98. The second-order valence-electron chi connectivity index (χ2n) is 7.43. The van der Waals surface area contributed by atoms with Crippen LogP contribution in [0.5, 0.6) is 0 Å². The summed E-state index contributed by atoms with van der Waals surface area (Å²) in [4.78, 5) is 18.4. The lowest BCUT2D eigenvalue weighted by Crippen LogP contribution is -2.13. The van der Waals surface area contributed by atoms with E-state index in [1.54, 1.807) is 11.8 Å². The molecule has 0 bridgehead atoms. The van der Waals surface area contributed by atoms with Gasteiger partial charge in [0, 0.05) is 27.8 Å². The molecule has 7 heteroatoms. The third kappa shape index (κ3) is 4.11. The van der Waals surface area contributed by atoms with Gasteiger partial charge in [0.15, 0.2) is 11.5 Å². The second kappa shape index (κ2) is 8.36. The summed E-state index contributed by atoms with van der Waals surface area (Å²) in [5.41, 5.74) is 4.69. The van der Waals surface area contributed by atoms with Crippen molar-refractivity contribution >= 4 is 34.5 Å². The molecule has 0 spiro atoms. The Labute approximate surface area is 179 Å². The number of nitrogens with one attached hydrogen (secondary N) is 1. The van der Waals surface area contributed by atoms with Gasteiger partial charge in [-0.3, -0.25) is 4.79 Å². The molecule has 2 aromatic heterocycles. The quantitative estimate of drug-likeness (QED) is 0.379. The number of hydrogen-bond acceptors (Lipinski definition) is 6. The molecule has 6 nitrogen and oxygen atoms in total. The van der Waals surface area contributed by atoms with E-state index >= 15 is 0 Å². The summed E-state index contributed by atoms with van der Waals surface area (Å²) in [5, 5.41) is 6.98. The normalized spacial score (nSPS) is 11.4. The monoisotopic (exact) mass is 421 g/mol. The van der Waals surface area contributed by atoms with Gasteiger partial charge in [0.2, 0.25) is 0 Å². The van der Waals surface area contributed by atoms with Gasteiger partial charge in [0.05, 0.1) is 11.3 Å². The van der Waals surface area contributed by atoms with Crippen molar-refractivity contribution in [3.8, 4) is 0 Å². The van der Waals surface area contributed by atoms with Crippen LogP contribution in [0.25, 0.3) is 11.1 Å². The van der Waals surface area contributed by atoms with Crippen molar-refractivity contribution in [2.75, 3.05) is 5.32 Å². The van der Waals surface area contributed by atoms with Crippen LogP contribution >= 0.6 is 11.8 Å². The number of benzene rings is 2. The third-order valence-corrected chi connectivity index (χ3v) is 5.94. The molecule has 2 aromatic carbocycles. The number of hydrogen-bond donors (Lipinski definition) is 1. The van der Waals surface area contributed by atoms with Gasteiger partial charge in [-0.25, -0.2) is 4.98 Å². The predicted molar refractivity (Wildman–Crippen MR) is 118 cm³/mol. The summed E-state index contributed by atoms with van der Waals surface area (Å²) >= 11 is 1.59. The fourth-order valence-corrected chi connectivity index (χ4v) is 4.31. The average molecular weight is 422 g/mol. The topological polar surface area (TPSA) is 81.2 Å². The molecule has 0 fully saturated rings. The highest BCUT2D eigenvalue weighted by Crippen LogP contribution is 2.30. The van der Waals surface area contributed by atoms with E-state index in [2.05, 4.69) is 15.5 Å². The number of anilines is 1. The van der Waals surface area contributed by atoms with Crippen molar-refractivity contribution in [2.45, 2.75) is 44.3 Å². The van der Waals surface area contributed by atoms with E-state index in [9.17, 15) is 4.79 Å². The number of amides is 1. The van der Waals surface area contributed by atoms with Crippen LogP contribution in [0.4, 0.5) is 5.69 Å². The molecule has 0 aliphatic heterocycles. The van der Waals surface area contributed by atoms with E-state index in [-0.39, 0.29) is 11.8 Å². The fraction of sp³-hybridized carbons (Fsp3) is 0.261. The van der Waals surface area contributed by atoms with Gasteiger partial charge in [-0.05, 0) is 44.2 Å². The Morgan fingerprint density at radius 2 is 1.97 bits per heavy atom. The zero-order valence-corrected chi connectivity index (χ0v) is 18.2. The van der Waals surface area contributed by atoms with Gasteiger partial charge >= 0.3 is 0 Å². The molecule has 4 aromatic rings. The minimum atomic E-state index is -0.163. The summed E-state index contributed by atoms with van der Waals surface area (Å²) in [6.45, 7) is 7.89. The minimum absolute atomic E-state index is 0.163. The van der Waals surface area contributed by atoms with Gasteiger partial charge in [-0.1, -0.05) is 31.1 Å². The third-order valence-electron chi connectivity index (χ3n) is 4.84. The summed E-state index contributed by atoms with van der Waals surface area (Å²) in [6.07, 6.45) is 0. The van der Waals surface area contributed by atoms with E-state index in [1.165, 1.54) is 0 Å². The molecule has 2 heterocycles. The molecule has 1 amide bonds. The number of carbonyl (C=O) groups excluding carboxylic acids is 1. The number of aryl methyl sites for hydroxylation is 2. The number of nitrogens with zero attached hydrogens (tertiary/aromatic N) is 2. The number of thioether (sulfide) groups is 1. The van der Waals surface area contributed by atoms with Crippen LogP contribution in [0.15, 0.2) is 56.3 Å². The molecular formula is C23H23N3O3S. The van der Waals surface area contributed by atoms with Gasteiger partial charge in [0.1, 0.15) is 11.3 Å². The molecule has 0 atom stereocenters. The van der Waals surface area contributed by atoms with Gasteiger partial charge in [-0.15, -0.1) is 11.8 Å². The number of carbonyl (C=O) groups is 1. The molecule has 0 saturated carbocycles. The summed E-state index contributed by atoms with van der Waals surface area (Å²) in [7, 11) is 0. The Kier molecular flexibility index (Phi) is 5.63. The number of aromatic nitrogens is 2. The van der Waals surface area contributed by atoms with E-state index in [0.717, 1.165) is 27.4 Å². The van der Waals surface area contributed by atoms with Crippen molar-refractivity contribution < 1.29 is 13.7 Å². The van der Waals surface area contributed by atoms with E-state index in [0.29, 0.717) is 28.5 Å². The van der Waals surface area contributed by atoms with Gasteiger partial charge < -0.3 is 14.3 Å². The molecule has 0 aliphatic rings. The van der Waals surface area contributed by atoms with Crippen molar-refractivity contribution in [1.29, 1.82) is 0 Å². The van der Waals surface area contributed by atoms with Crippen LogP contribution < -0.4 is 5.32 Å². The first-order valence-corrected chi connectivity index (χ1v) is 10.8. The molecule has 4 rings (SSSR count). The van der Waals surface area contributed by atoms with Crippen LogP contribution in [-0.2, 0) is 5.75 Å². The van der Waals surface area contributed by atoms with Crippen molar-refractivity contribution in [3.63, 3.8) is 0 Å². The minimum Gasteiger partial charge on any atom is -0.440 e. The molecule has 0 aliphatic carbocycles. The van der Waals surface area contributed by atoms with Crippen molar-refractivity contribution in [3.05, 3.63) is 70.9 Å². The van der Waals surface area contributed by atoms with Gasteiger partial charge in [-0.2, -0.15) is 0 Å². The van der Waals surface area contributed by atoms with Crippen LogP contribution in [0.3, 0.4) is 0 Å². The molecule has 30 heavy (non-hydrogen) atoms. The maximum atomic E-state index is 13.0. The zero-order chi connectivity index (χ0) is 21.3. The maximum absolute atomic E-state index is 13.0. The first-order chi connectivity index (χ1) is 14.4. The number of oxazole rings is 1. The van der Waals surface area contributed by atoms with Crippen LogP contribution in [-0.4, -0.2) is 16.0 Å². The average Bonchev–Trinajstić information content (AvgIpc) is 3.29. The maximum Gasteiger partial charge on any atom is 0.256 e. The van der Waals surface area contributed by atoms with E-state index in [1.807, 2.05) is 70.2 Å². The smallest absolute Gasteiger partial charge is 0.256 e. The molecule has 0 radical (unpaired) electrons. The lowest BCUT2D eigenvalue weighted by Gasteiger charge is -2.10. The first kappa shape index (κ1) is 20.2. The fourth-order valence-electron chi connectivity index (χ4n) is 3.11. The van der Waals surface area contributed by atoms with Crippen LogP contribution in [0, 0.1) is 13.8 Å². The molecule has 0 unspecified atom stereocenters.